The maximum absolute atomic E-state index is 12.7. The van der Waals surface area contributed by atoms with Crippen LogP contribution in [0, 0.1) is 0 Å². The number of fused-ring (bicyclic) bond motifs is 2. The number of benzene rings is 2. The van der Waals surface area contributed by atoms with E-state index in [2.05, 4.69) is 31.6 Å². The molecular formula is C20H13BrN4O3S. The van der Waals surface area contributed by atoms with Gasteiger partial charge in [-0.3, -0.25) is 5.43 Å². The Balaban J connectivity index is 1.59. The Bertz CT molecular complexity index is 1350. The lowest BCUT2D eigenvalue weighted by Gasteiger charge is -2.19. The molecule has 3 heterocycles. The summed E-state index contributed by atoms with van der Waals surface area (Å²) in [4.78, 5) is 12.7. The van der Waals surface area contributed by atoms with Gasteiger partial charge in [-0.1, -0.05) is 52.0 Å². The van der Waals surface area contributed by atoms with E-state index in [9.17, 15) is 4.79 Å². The average Bonchev–Trinajstić information content (AvgIpc) is 3.16. The quantitative estimate of drug-likeness (QED) is 0.444. The molecular weight excluding hydrogens is 456 g/mol. The smallest absolute Gasteiger partial charge is 0.345 e. The van der Waals surface area contributed by atoms with E-state index < -0.39 is 5.63 Å². The van der Waals surface area contributed by atoms with Gasteiger partial charge in [0.1, 0.15) is 0 Å². The number of hydrogen-bond donors (Lipinski definition) is 1. The van der Waals surface area contributed by atoms with Gasteiger partial charge >= 0.3 is 5.63 Å². The standard InChI is InChI=1S/C20H13BrN4O3S/c1-27-16-8-4-5-11-9-13(19(26)28-17(11)16)15-10-29-20-23-22-18(25(20)24-15)12-6-2-3-7-14(12)21/h2-10,24H,1H3. The number of rotatable bonds is 3. The van der Waals surface area contributed by atoms with Crippen molar-refractivity contribution in [2.24, 2.45) is 0 Å². The predicted molar refractivity (Wildman–Crippen MR) is 115 cm³/mol. The Morgan fingerprint density at radius 3 is 2.83 bits per heavy atom. The average molecular weight is 469 g/mol. The molecule has 0 spiro atoms. The highest BCUT2D eigenvalue weighted by molar-refractivity contribution is 9.10. The van der Waals surface area contributed by atoms with Crippen LogP contribution in [0.15, 0.2) is 72.8 Å². The molecule has 7 nitrogen and oxygen atoms in total. The van der Waals surface area contributed by atoms with Crippen molar-refractivity contribution in [1.29, 1.82) is 0 Å². The van der Waals surface area contributed by atoms with E-state index in [0.29, 0.717) is 33.6 Å². The van der Waals surface area contributed by atoms with Gasteiger partial charge in [0.25, 0.3) is 0 Å². The lowest BCUT2D eigenvalue weighted by molar-refractivity contribution is 0.406. The van der Waals surface area contributed by atoms with Gasteiger partial charge in [-0.05, 0) is 24.3 Å². The summed E-state index contributed by atoms with van der Waals surface area (Å²) in [7, 11) is 1.54. The molecule has 9 heteroatoms. The summed E-state index contributed by atoms with van der Waals surface area (Å²) in [6, 6.07) is 15.0. The fraction of sp³-hybridized carbons (Fsp3) is 0.0500. The first-order valence-electron chi connectivity index (χ1n) is 8.61. The summed E-state index contributed by atoms with van der Waals surface area (Å²) in [5, 5.41) is 11.8. The molecule has 0 atom stereocenters. The number of aromatic nitrogens is 3. The summed E-state index contributed by atoms with van der Waals surface area (Å²) in [5.74, 6) is 1.15. The number of nitrogens with zero attached hydrogens (tertiary/aromatic N) is 3. The zero-order chi connectivity index (χ0) is 20.0. The highest BCUT2D eigenvalue weighted by Crippen LogP contribution is 2.34. The van der Waals surface area contributed by atoms with Crippen molar-refractivity contribution in [3.05, 3.63) is 74.4 Å². The van der Waals surface area contributed by atoms with Crippen molar-refractivity contribution in [3.8, 4) is 17.1 Å². The van der Waals surface area contributed by atoms with Crippen molar-refractivity contribution in [2.45, 2.75) is 5.16 Å². The van der Waals surface area contributed by atoms with Gasteiger partial charge in [0.2, 0.25) is 5.16 Å². The van der Waals surface area contributed by atoms with E-state index >= 15 is 0 Å². The number of hydrogen-bond acceptors (Lipinski definition) is 7. The molecule has 0 amide bonds. The molecule has 0 bridgehead atoms. The number of halogens is 1. The maximum atomic E-state index is 12.7. The van der Waals surface area contributed by atoms with Crippen LogP contribution in [0.1, 0.15) is 5.56 Å². The third-order valence-electron chi connectivity index (χ3n) is 4.50. The first-order valence-corrected chi connectivity index (χ1v) is 10.3. The molecule has 0 radical (unpaired) electrons. The molecule has 2 aromatic carbocycles. The number of nitrogens with one attached hydrogen (secondary N) is 1. The van der Waals surface area contributed by atoms with E-state index in [4.69, 9.17) is 9.15 Å². The molecule has 1 aliphatic heterocycles. The molecule has 144 valence electrons. The minimum atomic E-state index is -0.458. The minimum absolute atomic E-state index is 0.413. The molecule has 1 aliphatic rings. The van der Waals surface area contributed by atoms with Crippen molar-refractivity contribution in [1.82, 2.24) is 14.9 Å². The van der Waals surface area contributed by atoms with Crippen LogP contribution in [0.25, 0.3) is 28.1 Å². The molecule has 1 N–H and O–H groups in total. The van der Waals surface area contributed by atoms with Crippen LogP contribution in [0.2, 0.25) is 0 Å². The third kappa shape index (κ3) is 3.02. The fourth-order valence-corrected chi connectivity index (χ4v) is 4.30. The van der Waals surface area contributed by atoms with Crippen molar-refractivity contribution in [2.75, 3.05) is 12.5 Å². The molecule has 0 fully saturated rings. The monoisotopic (exact) mass is 468 g/mol. The van der Waals surface area contributed by atoms with Crippen LogP contribution >= 0.6 is 27.7 Å². The highest BCUT2D eigenvalue weighted by atomic mass is 79.9. The van der Waals surface area contributed by atoms with Crippen molar-refractivity contribution >= 4 is 44.4 Å². The SMILES string of the molecule is COc1cccc2cc(C3=CSc4nnc(-c5ccccc5Br)n4N3)c(=O)oc12. The summed E-state index contributed by atoms with van der Waals surface area (Å²) in [5.41, 5.74) is 5.11. The molecule has 2 aromatic heterocycles. The van der Waals surface area contributed by atoms with Gasteiger partial charge in [-0.15, -0.1) is 10.2 Å². The lowest BCUT2D eigenvalue weighted by atomic mass is 10.1. The summed E-state index contributed by atoms with van der Waals surface area (Å²) >= 11 is 4.93. The Morgan fingerprint density at radius 2 is 2.00 bits per heavy atom. The molecule has 0 aliphatic carbocycles. The second-order valence-electron chi connectivity index (χ2n) is 6.21. The highest BCUT2D eigenvalue weighted by Gasteiger charge is 2.22. The minimum Gasteiger partial charge on any atom is -0.493 e. The second-order valence-corrected chi connectivity index (χ2v) is 7.90. The van der Waals surface area contributed by atoms with Crippen molar-refractivity contribution in [3.63, 3.8) is 0 Å². The van der Waals surface area contributed by atoms with Gasteiger partial charge in [-0.2, -0.15) is 0 Å². The fourth-order valence-electron chi connectivity index (χ4n) is 3.11. The number of methoxy groups -OCH3 is 1. The summed E-state index contributed by atoms with van der Waals surface area (Å²) in [6.45, 7) is 0. The van der Waals surface area contributed by atoms with E-state index in [1.54, 1.807) is 23.9 Å². The molecule has 0 saturated carbocycles. The second kappa shape index (κ2) is 7.09. The van der Waals surface area contributed by atoms with Crippen molar-refractivity contribution < 1.29 is 9.15 Å². The van der Waals surface area contributed by atoms with Crippen LogP contribution in [0.4, 0.5) is 0 Å². The van der Waals surface area contributed by atoms with Crippen LogP contribution in [0.3, 0.4) is 0 Å². The molecule has 0 saturated heterocycles. The van der Waals surface area contributed by atoms with E-state index in [-0.39, 0.29) is 0 Å². The Morgan fingerprint density at radius 1 is 1.14 bits per heavy atom. The van der Waals surface area contributed by atoms with Gasteiger partial charge in [-0.25, -0.2) is 9.47 Å². The number of thioether (sulfide) groups is 1. The topological polar surface area (TPSA) is 82.2 Å². The molecule has 4 aromatic rings. The largest absolute Gasteiger partial charge is 0.493 e. The van der Waals surface area contributed by atoms with E-state index in [1.807, 2.05) is 41.8 Å². The zero-order valence-electron chi connectivity index (χ0n) is 15.0. The summed E-state index contributed by atoms with van der Waals surface area (Å²) in [6.07, 6.45) is 0. The normalized spacial score (nSPS) is 13.0. The van der Waals surface area contributed by atoms with Gasteiger partial charge < -0.3 is 9.15 Å². The first-order chi connectivity index (χ1) is 14.2. The third-order valence-corrected chi connectivity index (χ3v) is 6.02. The Kier molecular flexibility index (Phi) is 4.40. The lowest BCUT2D eigenvalue weighted by Crippen LogP contribution is -2.21. The molecule has 0 unspecified atom stereocenters. The van der Waals surface area contributed by atoms with Gasteiger partial charge in [0.15, 0.2) is 17.2 Å². The Hall–Kier alpha value is -3.04. The number of ether oxygens (including phenoxy) is 1. The predicted octanol–water partition coefficient (Wildman–Crippen LogP) is 4.47. The van der Waals surface area contributed by atoms with Crippen LogP contribution in [-0.2, 0) is 0 Å². The van der Waals surface area contributed by atoms with Crippen LogP contribution in [0.5, 0.6) is 5.75 Å². The van der Waals surface area contributed by atoms with Gasteiger partial charge in [0, 0.05) is 20.8 Å². The maximum Gasteiger partial charge on any atom is 0.345 e. The van der Waals surface area contributed by atoms with Crippen LogP contribution < -0.4 is 15.8 Å². The molecule has 29 heavy (non-hydrogen) atoms. The van der Waals surface area contributed by atoms with Gasteiger partial charge in [0.05, 0.1) is 18.4 Å². The Labute approximate surface area is 177 Å². The number of para-hydroxylation sites is 1. The zero-order valence-corrected chi connectivity index (χ0v) is 17.5. The van der Waals surface area contributed by atoms with E-state index in [1.165, 1.54) is 11.8 Å². The van der Waals surface area contributed by atoms with E-state index in [0.717, 1.165) is 15.4 Å². The first kappa shape index (κ1) is 18.0. The molecule has 5 rings (SSSR count). The van der Waals surface area contributed by atoms with Crippen LogP contribution in [-0.4, -0.2) is 22.0 Å². The summed E-state index contributed by atoms with van der Waals surface area (Å²) < 4.78 is 13.5.